The second-order valence-corrected chi connectivity index (χ2v) is 7.18. The minimum absolute atomic E-state index is 0.135. The van der Waals surface area contributed by atoms with E-state index < -0.39 is 0 Å². The minimum Gasteiger partial charge on any atom is -0.497 e. The molecule has 10 heteroatoms. The summed E-state index contributed by atoms with van der Waals surface area (Å²) in [6, 6.07) is 12.9. The number of thioether (sulfide) groups is 1. The molecular weight excluding hydrogens is 404 g/mol. The van der Waals surface area contributed by atoms with E-state index in [4.69, 9.17) is 9.26 Å². The molecule has 0 spiro atoms. The fourth-order valence-corrected chi connectivity index (χ4v) is 3.50. The van der Waals surface area contributed by atoms with Gasteiger partial charge in [-0.3, -0.25) is 14.3 Å². The Bertz CT molecular complexity index is 1140. The monoisotopic (exact) mass is 422 g/mol. The Hall–Kier alpha value is -3.66. The SMILES string of the molecule is COc1ccc(-n2c(SCC(=O)Nc3cc(C)on3)nnc2-c2ccncc2)cc1. The third kappa shape index (κ3) is 4.33. The van der Waals surface area contributed by atoms with Gasteiger partial charge < -0.3 is 14.6 Å². The molecule has 0 unspecified atom stereocenters. The molecule has 1 N–H and O–H groups in total. The molecule has 9 nitrogen and oxygen atoms in total. The maximum Gasteiger partial charge on any atom is 0.236 e. The number of rotatable bonds is 7. The van der Waals surface area contributed by atoms with E-state index in [-0.39, 0.29) is 11.7 Å². The zero-order chi connectivity index (χ0) is 20.9. The summed E-state index contributed by atoms with van der Waals surface area (Å²) in [6.07, 6.45) is 3.39. The van der Waals surface area contributed by atoms with Crippen LogP contribution in [0.1, 0.15) is 5.76 Å². The number of aryl methyl sites for hydroxylation is 1. The molecule has 1 amide bonds. The quantitative estimate of drug-likeness (QED) is 0.452. The summed E-state index contributed by atoms with van der Waals surface area (Å²) in [5, 5.41) is 15.7. The van der Waals surface area contributed by atoms with Crippen molar-refractivity contribution in [2.24, 2.45) is 0 Å². The second kappa shape index (κ2) is 8.78. The van der Waals surface area contributed by atoms with Gasteiger partial charge in [0.25, 0.3) is 0 Å². The molecule has 0 aliphatic heterocycles. The van der Waals surface area contributed by atoms with E-state index in [0.717, 1.165) is 17.0 Å². The lowest BCUT2D eigenvalue weighted by atomic mass is 10.2. The normalized spacial score (nSPS) is 10.7. The van der Waals surface area contributed by atoms with Crippen molar-refractivity contribution < 1.29 is 14.1 Å². The number of aromatic nitrogens is 5. The highest BCUT2D eigenvalue weighted by molar-refractivity contribution is 7.99. The number of hydrogen-bond acceptors (Lipinski definition) is 8. The third-order valence-electron chi connectivity index (χ3n) is 4.13. The molecule has 3 heterocycles. The van der Waals surface area contributed by atoms with Gasteiger partial charge in [-0.05, 0) is 43.3 Å². The Labute approximate surface area is 176 Å². The Morgan fingerprint density at radius 3 is 2.60 bits per heavy atom. The minimum atomic E-state index is -0.219. The molecule has 0 saturated heterocycles. The smallest absolute Gasteiger partial charge is 0.236 e. The van der Waals surface area contributed by atoms with Gasteiger partial charge in [0.2, 0.25) is 5.91 Å². The topological polar surface area (TPSA) is 108 Å². The van der Waals surface area contributed by atoms with Crippen LogP contribution in [0.5, 0.6) is 5.75 Å². The van der Waals surface area contributed by atoms with Crippen LogP contribution in [0.4, 0.5) is 5.82 Å². The van der Waals surface area contributed by atoms with Crippen LogP contribution in [-0.2, 0) is 4.79 Å². The fourth-order valence-electron chi connectivity index (χ4n) is 2.75. The maximum atomic E-state index is 12.3. The van der Waals surface area contributed by atoms with Crippen LogP contribution in [0.25, 0.3) is 17.1 Å². The third-order valence-corrected chi connectivity index (χ3v) is 5.06. The van der Waals surface area contributed by atoms with E-state index in [1.54, 1.807) is 32.5 Å². The lowest BCUT2D eigenvalue weighted by Crippen LogP contribution is -2.14. The van der Waals surface area contributed by atoms with E-state index in [1.165, 1.54) is 11.8 Å². The van der Waals surface area contributed by atoms with Crippen LogP contribution in [-0.4, -0.2) is 43.7 Å². The highest BCUT2D eigenvalue weighted by Gasteiger charge is 2.18. The number of carbonyl (C=O) groups is 1. The summed E-state index contributed by atoms with van der Waals surface area (Å²) in [7, 11) is 1.62. The lowest BCUT2D eigenvalue weighted by Gasteiger charge is -2.11. The number of methoxy groups -OCH3 is 1. The largest absolute Gasteiger partial charge is 0.497 e. The molecule has 1 aromatic carbocycles. The van der Waals surface area contributed by atoms with Crippen molar-refractivity contribution in [3.05, 3.63) is 60.6 Å². The van der Waals surface area contributed by atoms with Gasteiger partial charge in [0.05, 0.1) is 12.9 Å². The number of carbonyl (C=O) groups excluding carboxylic acids is 1. The van der Waals surface area contributed by atoms with E-state index in [1.807, 2.05) is 41.0 Å². The van der Waals surface area contributed by atoms with Crippen molar-refractivity contribution >= 4 is 23.5 Å². The first-order valence-corrected chi connectivity index (χ1v) is 9.99. The standard InChI is InChI=1S/C20H18N6O3S/c1-13-11-17(25-29-13)22-18(27)12-30-20-24-23-19(14-7-9-21-10-8-14)26(20)15-3-5-16(28-2)6-4-15/h3-11H,12H2,1-2H3,(H,22,25,27). The molecule has 0 radical (unpaired) electrons. The van der Waals surface area contributed by atoms with E-state index in [2.05, 4.69) is 25.7 Å². The molecule has 0 saturated carbocycles. The molecule has 30 heavy (non-hydrogen) atoms. The van der Waals surface area contributed by atoms with Crippen molar-refractivity contribution in [3.63, 3.8) is 0 Å². The first-order chi connectivity index (χ1) is 14.6. The van der Waals surface area contributed by atoms with Crippen molar-refractivity contribution in [1.82, 2.24) is 24.9 Å². The number of amides is 1. The fraction of sp³-hybridized carbons (Fsp3) is 0.150. The molecule has 4 rings (SSSR count). The maximum absolute atomic E-state index is 12.3. The van der Waals surface area contributed by atoms with Gasteiger partial charge in [0.1, 0.15) is 11.5 Å². The number of anilines is 1. The highest BCUT2D eigenvalue weighted by atomic mass is 32.2. The molecule has 0 fully saturated rings. The number of benzene rings is 1. The Morgan fingerprint density at radius 1 is 1.17 bits per heavy atom. The second-order valence-electron chi connectivity index (χ2n) is 6.24. The highest BCUT2D eigenvalue weighted by Crippen LogP contribution is 2.28. The molecule has 0 bridgehead atoms. The van der Waals surface area contributed by atoms with Gasteiger partial charge >= 0.3 is 0 Å². The molecule has 4 aromatic rings. The van der Waals surface area contributed by atoms with Gasteiger partial charge in [-0.25, -0.2) is 0 Å². The lowest BCUT2D eigenvalue weighted by molar-refractivity contribution is -0.113. The Balaban J connectivity index is 1.60. The van der Waals surface area contributed by atoms with E-state index in [9.17, 15) is 4.79 Å². The van der Waals surface area contributed by atoms with Crippen LogP contribution < -0.4 is 10.1 Å². The Morgan fingerprint density at radius 2 is 1.93 bits per heavy atom. The summed E-state index contributed by atoms with van der Waals surface area (Å²) in [5.74, 6) is 2.32. The number of nitrogens with zero attached hydrogens (tertiary/aromatic N) is 5. The van der Waals surface area contributed by atoms with Gasteiger partial charge in [0, 0.05) is 29.7 Å². The summed E-state index contributed by atoms with van der Waals surface area (Å²) in [4.78, 5) is 16.4. The van der Waals surface area contributed by atoms with Gasteiger partial charge in [0.15, 0.2) is 16.8 Å². The van der Waals surface area contributed by atoms with Gasteiger partial charge in [-0.15, -0.1) is 10.2 Å². The summed E-state index contributed by atoms with van der Waals surface area (Å²) in [5.41, 5.74) is 1.71. The number of hydrogen-bond donors (Lipinski definition) is 1. The van der Waals surface area contributed by atoms with Crippen LogP contribution in [0.3, 0.4) is 0 Å². The number of ether oxygens (including phenoxy) is 1. The van der Waals surface area contributed by atoms with Crippen molar-refractivity contribution in [1.29, 1.82) is 0 Å². The summed E-state index contributed by atoms with van der Waals surface area (Å²) < 4.78 is 12.1. The predicted molar refractivity (Wildman–Crippen MR) is 112 cm³/mol. The van der Waals surface area contributed by atoms with Crippen molar-refractivity contribution in [3.8, 4) is 22.8 Å². The van der Waals surface area contributed by atoms with Crippen molar-refractivity contribution in [2.75, 3.05) is 18.2 Å². The molecule has 0 aliphatic carbocycles. The van der Waals surface area contributed by atoms with Crippen LogP contribution in [0.2, 0.25) is 0 Å². The number of pyridine rings is 1. The zero-order valence-corrected chi connectivity index (χ0v) is 17.1. The van der Waals surface area contributed by atoms with Gasteiger partial charge in [-0.2, -0.15) is 0 Å². The van der Waals surface area contributed by atoms with Crippen LogP contribution in [0.15, 0.2) is 64.5 Å². The van der Waals surface area contributed by atoms with E-state index >= 15 is 0 Å². The summed E-state index contributed by atoms with van der Waals surface area (Å²) >= 11 is 1.27. The molecular formula is C20H18N6O3S. The molecule has 3 aromatic heterocycles. The first-order valence-electron chi connectivity index (χ1n) is 9.00. The average Bonchev–Trinajstić information content (AvgIpc) is 3.39. The summed E-state index contributed by atoms with van der Waals surface area (Å²) in [6.45, 7) is 1.76. The average molecular weight is 422 g/mol. The van der Waals surface area contributed by atoms with Crippen molar-refractivity contribution in [2.45, 2.75) is 12.1 Å². The predicted octanol–water partition coefficient (Wildman–Crippen LogP) is 3.37. The molecule has 0 atom stereocenters. The van der Waals surface area contributed by atoms with Gasteiger partial charge in [-0.1, -0.05) is 16.9 Å². The van der Waals surface area contributed by atoms with Crippen LogP contribution in [0, 0.1) is 6.92 Å². The molecule has 152 valence electrons. The zero-order valence-electron chi connectivity index (χ0n) is 16.3. The first kappa shape index (κ1) is 19.6. The van der Waals surface area contributed by atoms with Crippen LogP contribution >= 0.6 is 11.8 Å². The van der Waals surface area contributed by atoms with E-state index in [0.29, 0.717) is 22.6 Å². The number of nitrogens with one attached hydrogen (secondary N) is 1. The molecule has 0 aliphatic rings. The Kier molecular flexibility index (Phi) is 5.75.